The van der Waals surface area contributed by atoms with Gasteiger partial charge in [-0.1, -0.05) is 18.7 Å². The Balaban J connectivity index is 2.09. The van der Waals surface area contributed by atoms with E-state index in [9.17, 15) is 0 Å². The van der Waals surface area contributed by atoms with Crippen molar-refractivity contribution in [3.8, 4) is 11.5 Å². The van der Waals surface area contributed by atoms with Crippen LogP contribution in [0.3, 0.4) is 0 Å². The SMILES string of the molecule is C=CCOc1ccc(CN(C[C@H]2CCCO2)C(=S)NC)cc1OC. The molecule has 0 spiro atoms. The second kappa shape index (κ2) is 9.49. The molecule has 0 aliphatic carbocycles. The fourth-order valence-electron chi connectivity index (χ4n) is 2.71. The average Bonchev–Trinajstić information content (AvgIpc) is 3.12. The van der Waals surface area contributed by atoms with E-state index in [0.717, 1.165) is 36.7 Å². The van der Waals surface area contributed by atoms with Gasteiger partial charge in [0.05, 0.1) is 13.2 Å². The number of rotatable bonds is 8. The number of hydrogen-bond donors (Lipinski definition) is 1. The summed E-state index contributed by atoms with van der Waals surface area (Å²) < 4.78 is 16.8. The Labute approximate surface area is 149 Å². The monoisotopic (exact) mass is 350 g/mol. The van der Waals surface area contributed by atoms with Crippen molar-refractivity contribution in [2.75, 3.05) is 33.9 Å². The molecule has 1 aliphatic rings. The number of thiocarbonyl (C=S) groups is 1. The second-order valence-corrected chi connectivity index (χ2v) is 6.04. The standard InChI is InChI=1S/C18H26N2O3S/c1-4-9-23-16-8-7-14(11-17(16)21-3)12-20(18(24)19-2)13-15-6-5-10-22-15/h4,7-8,11,15H,1,5-6,9-10,12-13H2,2-3H3,(H,19,24)/t15-/m1/s1. The molecule has 1 fully saturated rings. The molecule has 5 nitrogen and oxygen atoms in total. The van der Waals surface area contributed by atoms with E-state index in [4.69, 9.17) is 26.4 Å². The average molecular weight is 350 g/mol. The van der Waals surface area contributed by atoms with Crippen LogP contribution in [-0.2, 0) is 11.3 Å². The maximum absolute atomic E-state index is 5.74. The molecule has 2 rings (SSSR count). The van der Waals surface area contributed by atoms with Gasteiger partial charge in [-0.3, -0.25) is 0 Å². The molecule has 0 aromatic heterocycles. The lowest BCUT2D eigenvalue weighted by molar-refractivity contribution is 0.0898. The predicted octanol–water partition coefficient (Wildman–Crippen LogP) is 2.75. The highest BCUT2D eigenvalue weighted by molar-refractivity contribution is 7.80. The zero-order valence-corrected chi connectivity index (χ0v) is 15.2. The van der Waals surface area contributed by atoms with Crippen molar-refractivity contribution in [2.24, 2.45) is 0 Å². The van der Waals surface area contributed by atoms with Gasteiger partial charge >= 0.3 is 0 Å². The molecule has 0 unspecified atom stereocenters. The first-order chi connectivity index (χ1) is 11.7. The number of methoxy groups -OCH3 is 1. The third-order valence-electron chi connectivity index (χ3n) is 3.91. The molecular formula is C18H26N2O3S. The largest absolute Gasteiger partial charge is 0.493 e. The van der Waals surface area contributed by atoms with Crippen molar-refractivity contribution in [1.82, 2.24) is 10.2 Å². The van der Waals surface area contributed by atoms with Crippen LogP contribution in [0.1, 0.15) is 18.4 Å². The van der Waals surface area contributed by atoms with E-state index in [1.165, 1.54) is 0 Å². The molecule has 1 heterocycles. The zero-order valence-electron chi connectivity index (χ0n) is 14.4. The van der Waals surface area contributed by atoms with Crippen molar-refractivity contribution in [1.29, 1.82) is 0 Å². The van der Waals surface area contributed by atoms with E-state index < -0.39 is 0 Å². The molecule has 0 amide bonds. The van der Waals surface area contributed by atoms with E-state index in [1.54, 1.807) is 13.2 Å². The number of ether oxygens (including phenoxy) is 3. The van der Waals surface area contributed by atoms with E-state index in [1.807, 2.05) is 25.2 Å². The molecule has 1 atom stereocenters. The summed E-state index contributed by atoms with van der Waals surface area (Å²) in [6.45, 7) is 6.43. The van der Waals surface area contributed by atoms with E-state index in [0.29, 0.717) is 24.7 Å². The summed E-state index contributed by atoms with van der Waals surface area (Å²) in [5, 5.41) is 3.78. The van der Waals surface area contributed by atoms with Crippen LogP contribution in [0.5, 0.6) is 11.5 Å². The highest BCUT2D eigenvalue weighted by Crippen LogP contribution is 2.28. The number of hydrogen-bond acceptors (Lipinski definition) is 4. The van der Waals surface area contributed by atoms with Crippen LogP contribution in [0, 0.1) is 0 Å². The lowest BCUT2D eigenvalue weighted by atomic mass is 10.1. The van der Waals surface area contributed by atoms with E-state index in [-0.39, 0.29) is 6.10 Å². The number of nitrogens with one attached hydrogen (secondary N) is 1. The predicted molar refractivity (Wildman–Crippen MR) is 99.7 cm³/mol. The van der Waals surface area contributed by atoms with Crippen LogP contribution in [0.25, 0.3) is 0 Å². The van der Waals surface area contributed by atoms with Crippen LogP contribution >= 0.6 is 12.2 Å². The van der Waals surface area contributed by atoms with Gasteiger partial charge in [0.15, 0.2) is 16.6 Å². The van der Waals surface area contributed by atoms with E-state index in [2.05, 4.69) is 16.8 Å². The highest BCUT2D eigenvalue weighted by Gasteiger charge is 2.21. The fraction of sp³-hybridized carbons (Fsp3) is 0.500. The van der Waals surface area contributed by atoms with Gasteiger partial charge in [0.2, 0.25) is 0 Å². The van der Waals surface area contributed by atoms with Crippen LogP contribution < -0.4 is 14.8 Å². The first-order valence-electron chi connectivity index (χ1n) is 8.16. The Kier molecular flexibility index (Phi) is 7.34. The normalized spacial score (nSPS) is 16.5. The molecule has 1 saturated heterocycles. The molecule has 132 valence electrons. The van der Waals surface area contributed by atoms with Crippen molar-refractivity contribution in [3.05, 3.63) is 36.4 Å². The maximum Gasteiger partial charge on any atom is 0.169 e. The Bertz CT molecular complexity index is 559. The summed E-state index contributed by atoms with van der Waals surface area (Å²) in [7, 11) is 3.49. The van der Waals surface area contributed by atoms with Gasteiger partial charge in [0, 0.05) is 26.7 Å². The van der Waals surface area contributed by atoms with Gasteiger partial charge < -0.3 is 24.4 Å². The molecule has 1 aromatic carbocycles. The Morgan fingerprint density at radius 2 is 2.33 bits per heavy atom. The summed E-state index contributed by atoms with van der Waals surface area (Å²) in [5.41, 5.74) is 1.11. The first kappa shape index (κ1) is 18.5. The Hall–Kier alpha value is -1.79. The summed E-state index contributed by atoms with van der Waals surface area (Å²) in [6.07, 6.45) is 4.16. The minimum Gasteiger partial charge on any atom is -0.493 e. The van der Waals surface area contributed by atoms with Crippen LogP contribution in [0.4, 0.5) is 0 Å². The van der Waals surface area contributed by atoms with Gasteiger partial charge in [-0.05, 0) is 42.8 Å². The van der Waals surface area contributed by atoms with Crippen LogP contribution in [0.15, 0.2) is 30.9 Å². The molecule has 0 radical (unpaired) electrons. The van der Waals surface area contributed by atoms with Crippen LogP contribution in [-0.4, -0.2) is 50.0 Å². The lowest BCUT2D eigenvalue weighted by Gasteiger charge is -2.27. The Morgan fingerprint density at radius 1 is 1.50 bits per heavy atom. The summed E-state index contributed by atoms with van der Waals surface area (Å²) in [5.74, 6) is 1.42. The van der Waals surface area contributed by atoms with E-state index >= 15 is 0 Å². The van der Waals surface area contributed by atoms with Crippen molar-refractivity contribution in [3.63, 3.8) is 0 Å². The molecule has 1 aromatic rings. The maximum atomic E-state index is 5.74. The van der Waals surface area contributed by atoms with Crippen molar-refractivity contribution in [2.45, 2.75) is 25.5 Å². The molecule has 1 N–H and O–H groups in total. The summed E-state index contributed by atoms with van der Waals surface area (Å²) in [6, 6.07) is 5.94. The van der Waals surface area contributed by atoms with Gasteiger partial charge in [0.25, 0.3) is 0 Å². The first-order valence-corrected chi connectivity index (χ1v) is 8.57. The molecule has 6 heteroatoms. The third-order valence-corrected chi connectivity index (χ3v) is 4.37. The molecular weight excluding hydrogens is 324 g/mol. The van der Waals surface area contributed by atoms with Gasteiger partial charge in [-0.15, -0.1) is 0 Å². The second-order valence-electron chi connectivity index (χ2n) is 5.66. The lowest BCUT2D eigenvalue weighted by Crippen LogP contribution is -2.41. The van der Waals surface area contributed by atoms with Gasteiger partial charge in [-0.2, -0.15) is 0 Å². The van der Waals surface area contributed by atoms with Crippen molar-refractivity contribution >= 4 is 17.3 Å². The summed E-state index contributed by atoms with van der Waals surface area (Å²) in [4.78, 5) is 2.13. The molecule has 24 heavy (non-hydrogen) atoms. The number of benzene rings is 1. The fourth-order valence-corrected chi connectivity index (χ4v) is 2.85. The molecule has 0 bridgehead atoms. The summed E-state index contributed by atoms with van der Waals surface area (Å²) >= 11 is 5.45. The Morgan fingerprint density at radius 3 is 2.96 bits per heavy atom. The van der Waals surface area contributed by atoms with Gasteiger partial charge in [0.1, 0.15) is 6.61 Å². The minimum absolute atomic E-state index is 0.244. The van der Waals surface area contributed by atoms with Crippen LogP contribution in [0.2, 0.25) is 0 Å². The molecule has 0 saturated carbocycles. The van der Waals surface area contributed by atoms with Crippen molar-refractivity contribution < 1.29 is 14.2 Å². The quantitative estimate of drug-likeness (QED) is 0.574. The smallest absolute Gasteiger partial charge is 0.169 e. The van der Waals surface area contributed by atoms with Gasteiger partial charge in [-0.25, -0.2) is 0 Å². The third kappa shape index (κ3) is 5.11. The zero-order chi connectivity index (χ0) is 17.4. The highest BCUT2D eigenvalue weighted by atomic mass is 32.1. The topological polar surface area (TPSA) is 43.0 Å². The minimum atomic E-state index is 0.244. The number of nitrogens with zero attached hydrogens (tertiary/aromatic N) is 1. The molecule has 1 aliphatic heterocycles.